The zero-order valence-electron chi connectivity index (χ0n) is 12.2. The van der Waals surface area contributed by atoms with Crippen LogP contribution < -0.4 is 0 Å². The lowest BCUT2D eigenvalue weighted by Gasteiger charge is -2.75. The maximum absolute atomic E-state index is 12.4. The number of nitrogens with zero attached hydrogens (tertiary/aromatic N) is 1. The number of hydrogen-bond donors (Lipinski definition) is 0. The first-order valence-electron chi connectivity index (χ1n) is 8.74. The maximum Gasteiger partial charge on any atom is 0.254 e. The highest BCUT2D eigenvalue weighted by Crippen LogP contribution is 2.74. The molecule has 8 rings (SSSR count). The van der Waals surface area contributed by atoms with Crippen molar-refractivity contribution in [3.05, 3.63) is 12.2 Å². The topological polar surface area (TPSA) is 37.4 Å². The van der Waals surface area contributed by atoms with E-state index in [1.807, 2.05) is 0 Å². The number of carbonyl (C=O) groups excluding carboxylic acids is 2. The van der Waals surface area contributed by atoms with Gasteiger partial charge in [0.2, 0.25) is 0 Å². The molecule has 0 radical (unpaired) electrons. The van der Waals surface area contributed by atoms with Gasteiger partial charge in [-0.2, -0.15) is 0 Å². The molecule has 8 bridgehead atoms. The van der Waals surface area contributed by atoms with Crippen LogP contribution in [0.5, 0.6) is 0 Å². The lowest BCUT2D eigenvalue weighted by molar-refractivity contribution is -0.253. The van der Waals surface area contributed by atoms with E-state index >= 15 is 0 Å². The van der Waals surface area contributed by atoms with Crippen LogP contribution >= 0.6 is 0 Å². The minimum Gasteiger partial charge on any atom is -0.269 e. The Hall–Kier alpha value is -1.12. The predicted molar refractivity (Wildman–Crippen MR) is 75.9 cm³/mol. The summed E-state index contributed by atoms with van der Waals surface area (Å²) < 4.78 is 0. The molecule has 0 aromatic heterocycles. The average molecular weight is 283 g/mol. The first-order valence-corrected chi connectivity index (χ1v) is 8.74. The van der Waals surface area contributed by atoms with Gasteiger partial charge in [-0.15, -0.1) is 0 Å². The molecule has 0 saturated heterocycles. The molecular weight excluding hydrogens is 262 g/mol. The van der Waals surface area contributed by atoms with E-state index in [1.165, 1.54) is 44.3 Å². The Balaban J connectivity index is 1.56. The quantitative estimate of drug-likeness (QED) is 0.693. The molecule has 7 aliphatic carbocycles. The van der Waals surface area contributed by atoms with Gasteiger partial charge in [0, 0.05) is 12.2 Å². The van der Waals surface area contributed by atoms with Crippen LogP contribution in [0.25, 0.3) is 0 Å². The van der Waals surface area contributed by atoms with Crippen molar-refractivity contribution in [2.75, 3.05) is 0 Å². The summed E-state index contributed by atoms with van der Waals surface area (Å²) in [5.41, 5.74) is -0.0818. The van der Waals surface area contributed by atoms with Crippen molar-refractivity contribution in [3.63, 3.8) is 0 Å². The zero-order valence-corrected chi connectivity index (χ0v) is 12.2. The SMILES string of the molecule is O=C1C=CC(=O)N1C12CC3CC4C5CC(CC41)CC2C5C3. The Morgan fingerprint density at radius 2 is 1.38 bits per heavy atom. The van der Waals surface area contributed by atoms with Crippen LogP contribution in [0.3, 0.4) is 0 Å². The monoisotopic (exact) mass is 283 g/mol. The molecule has 3 nitrogen and oxygen atoms in total. The van der Waals surface area contributed by atoms with Crippen LogP contribution in [-0.4, -0.2) is 22.3 Å². The Bertz CT molecular complexity index is 566. The van der Waals surface area contributed by atoms with E-state index in [9.17, 15) is 9.59 Å². The highest BCUT2D eigenvalue weighted by Gasteiger charge is 2.73. The van der Waals surface area contributed by atoms with E-state index in [1.54, 1.807) is 4.90 Å². The molecule has 2 amide bonds. The fourth-order valence-corrected chi connectivity index (χ4v) is 8.14. The number of amides is 2. The summed E-state index contributed by atoms with van der Waals surface area (Å²) in [5.74, 6) is 5.44. The third kappa shape index (κ3) is 1.07. The van der Waals surface area contributed by atoms with Gasteiger partial charge in [-0.25, -0.2) is 0 Å². The number of carbonyl (C=O) groups is 2. The van der Waals surface area contributed by atoms with Gasteiger partial charge in [0.1, 0.15) is 0 Å². The van der Waals surface area contributed by atoms with E-state index in [4.69, 9.17) is 0 Å². The van der Waals surface area contributed by atoms with Crippen LogP contribution in [0.15, 0.2) is 12.2 Å². The molecule has 8 aliphatic rings. The Kier molecular flexibility index (Phi) is 1.79. The molecule has 1 heterocycles. The second-order valence-electron chi connectivity index (χ2n) is 8.66. The van der Waals surface area contributed by atoms with Crippen LogP contribution in [0, 0.1) is 41.4 Å². The highest BCUT2D eigenvalue weighted by molar-refractivity contribution is 6.13. The first kappa shape index (κ1) is 11.4. The molecule has 0 spiro atoms. The molecule has 4 unspecified atom stereocenters. The van der Waals surface area contributed by atoms with Crippen molar-refractivity contribution >= 4 is 11.8 Å². The molecule has 0 aromatic rings. The number of hydrogen-bond acceptors (Lipinski definition) is 2. The van der Waals surface area contributed by atoms with Crippen molar-refractivity contribution in [2.45, 2.75) is 44.1 Å². The maximum atomic E-state index is 12.4. The van der Waals surface area contributed by atoms with Gasteiger partial charge in [0.25, 0.3) is 11.8 Å². The second kappa shape index (κ2) is 3.28. The van der Waals surface area contributed by atoms with E-state index in [-0.39, 0.29) is 17.4 Å². The van der Waals surface area contributed by atoms with Crippen LogP contribution in [-0.2, 0) is 9.59 Å². The Labute approximate surface area is 124 Å². The largest absolute Gasteiger partial charge is 0.269 e. The van der Waals surface area contributed by atoms with E-state index in [2.05, 4.69) is 0 Å². The van der Waals surface area contributed by atoms with Gasteiger partial charge in [0.15, 0.2) is 0 Å². The summed E-state index contributed by atoms with van der Waals surface area (Å²) in [4.78, 5) is 26.6. The summed E-state index contributed by atoms with van der Waals surface area (Å²) in [7, 11) is 0. The van der Waals surface area contributed by atoms with Crippen LogP contribution in [0.1, 0.15) is 38.5 Å². The summed E-state index contributed by atoms with van der Waals surface area (Å²) in [5, 5.41) is 0. The fourth-order valence-electron chi connectivity index (χ4n) is 8.14. The summed E-state index contributed by atoms with van der Waals surface area (Å²) in [6.07, 6.45) is 10.9. The summed E-state index contributed by atoms with van der Waals surface area (Å²) in [6, 6.07) is 0. The van der Waals surface area contributed by atoms with Gasteiger partial charge in [0.05, 0.1) is 5.54 Å². The molecule has 7 fully saturated rings. The Morgan fingerprint density at radius 3 is 2.00 bits per heavy atom. The number of rotatable bonds is 1. The van der Waals surface area contributed by atoms with Crippen molar-refractivity contribution < 1.29 is 9.59 Å². The van der Waals surface area contributed by atoms with Crippen molar-refractivity contribution in [1.82, 2.24) is 4.90 Å². The van der Waals surface area contributed by atoms with Crippen molar-refractivity contribution in [1.29, 1.82) is 0 Å². The first-order chi connectivity index (χ1) is 10.2. The van der Waals surface area contributed by atoms with Crippen molar-refractivity contribution in [2.24, 2.45) is 41.4 Å². The highest BCUT2D eigenvalue weighted by atomic mass is 16.2. The van der Waals surface area contributed by atoms with Gasteiger partial charge in [-0.3, -0.25) is 14.5 Å². The smallest absolute Gasteiger partial charge is 0.254 e. The summed E-state index contributed by atoms with van der Waals surface area (Å²) in [6.45, 7) is 0. The fraction of sp³-hybridized carbons (Fsp3) is 0.778. The van der Waals surface area contributed by atoms with Gasteiger partial charge >= 0.3 is 0 Å². The molecule has 110 valence electrons. The van der Waals surface area contributed by atoms with Gasteiger partial charge in [-0.1, -0.05) is 0 Å². The zero-order chi connectivity index (χ0) is 13.9. The van der Waals surface area contributed by atoms with Gasteiger partial charge in [-0.05, 0) is 80.0 Å². The number of imide groups is 1. The molecule has 0 N–H and O–H groups in total. The summed E-state index contributed by atoms with van der Waals surface area (Å²) >= 11 is 0. The molecule has 0 aromatic carbocycles. The van der Waals surface area contributed by atoms with Crippen molar-refractivity contribution in [3.8, 4) is 0 Å². The molecule has 4 atom stereocenters. The van der Waals surface area contributed by atoms with Crippen LogP contribution in [0.2, 0.25) is 0 Å². The molecule has 1 aliphatic heterocycles. The van der Waals surface area contributed by atoms with Crippen LogP contribution in [0.4, 0.5) is 0 Å². The lowest BCUT2D eigenvalue weighted by Crippen LogP contribution is -2.77. The third-order valence-corrected chi connectivity index (χ3v) is 8.25. The van der Waals surface area contributed by atoms with E-state index in [0.717, 1.165) is 36.0 Å². The Morgan fingerprint density at radius 1 is 0.810 bits per heavy atom. The minimum atomic E-state index is -0.0818. The van der Waals surface area contributed by atoms with E-state index < -0.39 is 0 Å². The lowest BCUT2D eigenvalue weighted by atomic mass is 9.33. The normalized spacial score (nSPS) is 58.9. The second-order valence-corrected chi connectivity index (χ2v) is 8.66. The molecule has 3 heteroatoms. The average Bonchev–Trinajstić information content (AvgIpc) is 2.83. The van der Waals surface area contributed by atoms with E-state index in [0.29, 0.717) is 11.8 Å². The van der Waals surface area contributed by atoms with Gasteiger partial charge < -0.3 is 0 Å². The standard InChI is InChI=1S/C18H21NO2/c20-16-1-2-17(21)19(16)18-8-10-4-12-11-3-9(6-14(12)18)7-15(18)13(11)5-10/h1-2,9-15H,3-8H2. The molecule has 7 saturated carbocycles. The predicted octanol–water partition coefficient (Wildman–Crippen LogP) is 2.37. The molecule has 21 heavy (non-hydrogen) atoms. The molecular formula is C18H21NO2. The minimum absolute atomic E-state index is 0.0208. The third-order valence-electron chi connectivity index (χ3n) is 8.25.